The second kappa shape index (κ2) is 12.6. The highest BCUT2D eigenvalue weighted by Gasteiger charge is 2.50. The number of ketones is 1. The van der Waals surface area contributed by atoms with Crippen LogP contribution in [-0.2, 0) is 14.2 Å². The molecule has 5 rings (SSSR count). The number of phenols is 3. The van der Waals surface area contributed by atoms with Crippen molar-refractivity contribution in [1.82, 2.24) is 0 Å². The molecule has 12 atom stereocenters. The molecule has 0 spiro atoms. The normalized spacial score (nSPS) is 37.2. The van der Waals surface area contributed by atoms with E-state index in [-0.39, 0.29) is 17.1 Å². The van der Waals surface area contributed by atoms with Crippen LogP contribution in [0.15, 0.2) is 30.3 Å². The molecule has 0 unspecified atom stereocenters. The Bertz CT molecular complexity index is 1350. The minimum Gasteiger partial charge on any atom is -0.507 e. The van der Waals surface area contributed by atoms with Gasteiger partial charge in [-0.1, -0.05) is 6.07 Å². The molecule has 2 fully saturated rings. The second-order valence-corrected chi connectivity index (χ2v) is 10.5. The number of phenolic OH excluding ortho intramolecular Hbond substituents is 3. The third-order valence-corrected chi connectivity index (χ3v) is 7.65. The molecular weight excluding hydrogens is 596 g/mol. The van der Waals surface area contributed by atoms with Crippen molar-refractivity contribution < 1.29 is 84.7 Å². The lowest BCUT2D eigenvalue weighted by molar-refractivity contribution is -0.311. The largest absolute Gasteiger partial charge is 0.507 e. The van der Waals surface area contributed by atoms with Crippen LogP contribution >= 0.6 is 0 Å². The summed E-state index contributed by atoms with van der Waals surface area (Å²) in [7, 11) is 0. The summed E-state index contributed by atoms with van der Waals surface area (Å²) in [4.78, 5) is 13.8. The van der Waals surface area contributed by atoms with E-state index in [0.29, 0.717) is 0 Å². The number of carbonyl (C=O) groups is 1. The Morgan fingerprint density at radius 1 is 0.682 bits per heavy atom. The van der Waals surface area contributed by atoms with Crippen molar-refractivity contribution in [1.29, 1.82) is 0 Å². The number of rotatable bonds is 7. The first-order chi connectivity index (χ1) is 20.9. The SMILES string of the molecule is O=C1c2c(O)cc(O[C@H]3O[C@H](CO)[C@@H](O)[C@H](O)[C@H]3O)cc2O[C@H](c2ccc(O)c(O)c2)[C@@H]1O[C@@H]1O[C@@H](CO)[C@H](O)[C@@H](O)[C@@H]1O. The highest BCUT2D eigenvalue weighted by molar-refractivity contribution is 6.05. The molecule has 3 aliphatic heterocycles. The Kier molecular flexibility index (Phi) is 9.17. The predicted molar refractivity (Wildman–Crippen MR) is 139 cm³/mol. The van der Waals surface area contributed by atoms with Gasteiger partial charge in [-0.05, 0) is 17.7 Å². The Morgan fingerprint density at radius 3 is 1.86 bits per heavy atom. The van der Waals surface area contributed by atoms with Crippen LogP contribution < -0.4 is 9.47 Å². The highest BCUT2D eigenvalue weighted by atomic mass is 16.7. The molecule has 0 amide bonds. The fourth-order valence-electron chi connectivity index (χ4n) is 5.18. The number of hydrogen-bond donors (Lipinski definition) is 11. The first-order valence-corrected chi connectivity index (χ1v) is 13.4. The number of hydrogen-bond acceptors (Lipinski definition) is 17. The summed E-state index contributed by atoms with van der Waals surface area (Å²) in [5, 5.41) is 111. The topological polar surface area (TPSA) is 286 Å². The molecule has 17 heteroatoms. The number of ether oxygens (including phenoxy) is 5. The summed E-state index contributed by atoms with van der Waals surface area (Å²) < 4.78 is 27.9. The van der Waals surface area contributed by atoms with Crippen LogP contribution in [0.4, 0.5) is 0 Å². The quantitative estimate of drug-likeness (QED) is 0.133. The Hall–Kier alpha value is -3.33. The summed E-state index contributed by atoms with van der Waals surface area (Å²) in [6.07, 6.45) is -20.0. The van der Waals surface area contributed by atoms with Crippen molar-refractivity contribution in [2.24, 2.45) is 0 Å². The van der Waals surface area contributed by atoms with E-state index in [0.717, 1.165) is 24.3 Å². The summed E-state index contributed by atoms with van der Waals surface area (Å²) in [6.45, 7) is -1.51. The summed E-state index contributed by atoms with van der Waals surface area (Å²) in [6, 6.07) is 5.48. The third-order valence-electron chi connectivity index (χ3n) is 7.65. The molecule has 2 saturated heterocycles. The average Bonchev–Trinajstić information content (AvgIpc) is 2.99. The molecule has 0 bridgehead atoms. The number of carbonyl (C=O) groups excluding carboxylic acids is 1. The summed E-state index contributed by atoms with van der Waals surface area (Å²) >= 11 is 0. The first kappa shape index (κ1) is 32.1. The van der Waals surface area contributed by atoms with E-state index < -0.39 is 115 Å². The fraction of sp³-hybridized carbons (Fsp3) is 0.519. The van der Waals surface area contributed by atoms with Crippen molar-refractivity contribution >= 4 is 5.78 Å². The molecule has 2 aromatic carbocycles. The van der Waals surface area contributed by atoms with Gasteiger partial charge in [-0.15, -0.1) is 0 Å². The molecule has 0 saturated carbocycles. The van der Waals surface area contributed by atoms with E-state index in [1.54, 1.807) is 0 Å². The lowest BCUT2D eigenvalue weighted by atomic mass is 9.92. The average molecular weight is 629 g/mol. The lowest BCUT2D eigenvalue weighted by Gasteiger charge is -2.42. The van der Waals surface area contributed by atoms with Gasteiger partial charge in [0.1, 0.15) is 71.6 Å². The maximum Gasteiger partial charge on any atom is 0.229 e. The highest BCUT2D eigenvalue weighted by Crippen LogP contribution is 2.45. The van der Waals surface area contributed by atoms with Gasteiger partial charge in [0.25, 0.3) is 0 Å². The van der Waals surface area contributed by atoms with Gasteiger partial charge in [0.2, 0.25) is 12.1 Å². The van der Waals surface area contributed by atoms with Crippen LogP contribution in [-0.4, -0.2) is 143 Å². The van der Waals surface area contributed by atoms with E-state index in [4.69, 9.17) is 23.7 Å². The van der Waals surface area contributed by atoms with Gasteiger partial charge >= 0.3 is 0 Å². The van der Waals surface area contributed by atoms with E-state index in [9.17, 15) is 61.0 Å². The smallest absolute Gasteiger partial charge is 0.229 e. The first-order valence-electron chi connectivity index (χ1n) is 13.4. The molecule has 44 heavy (non-hydrogen) atoms. The standard InChI is InChI=1S/C27H32O17/c28-6-14-17(33)20(36)22(38)26(42-14)40-9-4-12(32)16-13(5-9)41-24(8-1-2-10(30)11(31)3-8)25(19(16)35)44-27-23(39)21(37)18(34)15(7-29)43-27/h1-5,14-15,17-18,20-34,36-39H,6-7H2/t14-,15+,17-,18+,20+,21-,22-,23+,24-,25-,26+,27+/m1/s1. The Balaban J connectivity index is 1.49. The van der Waals surface area contributed by atoms with Crippen molar-refractivity contribution in [2.45, 2.75) is 73.6 Å². The van der Waals surface area contributed by atoms with Crippen LogP contribution in [0.3, 0.4) is 0 Å². The fourth-order valence-corrected chi connectivity index (χ4v) is 5.18. The van der Waals surface area contributed by atoms with Crippen LogP contribution in [0.5, 0.6) is 28.7 Å². The number of aliphatic hydroxyl groups excluding tert-OH is 8. The molecular formula is C27H32O17. The molecule has 242 valence electrons. The number of benzene rings is 2. The zero-order valence-corrected chi connectivity index (χ0v) is 22.6. The van der Waals surface area contributed by atoms with Crippen molar-refractivity contribution in [3.05, 3.63) is 41.5 Å². The Labute approximate surface area is 247 Å². The van der Waals surface area contributed by atoms with E-state index in [2.05, 4.69) is 0 Å². The van der Waals surface area contributed by atoms with Crippen molar-refractivity contribution in [3.8, 4) is 28.7 Å². The zero-order valence-electron chi connectivity index (χ0n) is 22.6. The van der Waals surface area contributed by atoms with Gasteiger partial charge in [0.05, 0.1) is 13.2 Å². The molecule has 0 aliphatic carbocycles. The predicted octanol–water partition coefficient (Wildman–Crippen LogP) is -3.52. The van der Waals surface area contributed by atoms with Crippen molar-refractivity contribution in [3.63, 3.8) is 0 Å². The number of fused-ring (bicyclic) bond motifs is 1. The minimum absolute atomic E-state index is 0.0497. The minimum atomic E-state index is -1.90. The van der Waals surface area contributed by atoms with Gasteiger partial charge in [-0.3, -0.25) is 4.79 Å². The van der Waals surface area contributed by atoms with Crippen molar-refractivity contribution in [2.75, 3.05) is 13.2 Å². The van der Waals surface area contributed by atoms with Gasteiger partial charge in [0.15, 0.2) is 30.0 Å². The maximum absolute atomic E-state index is 13.8. The van der Waals surface area contributed by atoms with Gasteiger partial charge in [0, 0.05) is 12.1 Å². The zero-order chi connectivity index (χ0) is 32.0. The van der Waals surface area contributed by atoms with Crippen LogP contribution in [0.25, 0.3) is 0 Å². The molecule has 0 aromatic heterocycles. The molecule has 3 aliphatic rings. The molecule has 11 N–H and O–H groups in total. The maximum atomic E-state index is 13.8. The summed E-state index contributed by atoms with van der Waals surface area (Å²) in [5.74, 6) is -3.33. The number of aromatic hydroxyl groups is 3. The monoisotopic (exact) mass is 628 g/mol. The molecule has 3 heterocycles. The van der Waals surface area contributed by atoms with Crippen LogP contribution in [0.2, 0.25) is 0 Å². The van der Waals surface area contributed by atoms with Crippen LogP contribution in [0, 0.1) is 0 Å². The lowest BCUT2D eigenvalue weighted by Crippen LogP contribution is -2.60. The van der Waals surface area contributed by atoms with E-state index in [1.165, 1.54) is 6.07 Å². The second-order valence-electron chi connectivity index (χ2n) is 10.5. The Morgan fingerprint density at radius 2 is 1.27 bits per heavy atom. The summed E-state index contributed by atoms with van der Waals surface area (Å²) in [5.41, 5.74) is -0.395. The third kappa shape index (κ3) is 5.75. The molecule has 0 radical (unpaired) electrons. The van der Waals surface area contributed by atoms with Gasteiger partial charge in [-0.25, -0.2) is 0 Å². The molecule has 17 nitrogen and oxygen atoms in total. The van der Waals surface area contributed by atoms with Gasteiger partial charge in [-0.2, -0.15) is 0 Å². The van der Waals surface area contributed by atoms with Crippen LogP contribution in [0.1, 0.15) is 22.0 Å². The van der Waals surface area contributed by atoms with Gasteiger partial charge < -0.3 is 79.9 Å². The molecule has 2 aromatic rings. The number of Topliss-reactive ketones (excluding diaryl/α,β-unsaturated/α-hetero) is 1. The number of aliphatic hydroxyl groups is 8. The van der Waals surface area contributed by atoms with E-state index >= 15 is 0 Å². The van der Waals surface area contributed by atoms with E-state index in [1.807, 2.05) is 0 Å².